The molecule has 1 aromatic rings. The van der Waals surface area contributed by atoms with Crippen molar-refractivity contribution in [3.05, 3.63) is 39.8 Å². The second-order valence-corrected chi connectivity index (χ2v) is 4.85. The zero-order valence-electron chi connectivity index (χ0n) is 8.31. The number of rotatable bonds is 3. The van der Waals surface area contributed by atoms with Crippen molar-refractivity contribution in [1.29, 1.82) is 0 Å². The fourth-order valence-electron chi connectivity index (χ4n) is 1.52. The van der Waals surface area contributed by atoms with Gasteiger partial charge in [-0.2, -0.15) is 0 Å². The molecule has 0 nitrogen and oxygen atoms in total. The van der Waals surface area contributed by atoms with Crippen LogP contribution in [0.5, 0.6) is 0 Å². The van der Waals surface area contributed by atoms with Gasteiger partial charge in [0.25, 0.3) is 0 Å². The van der Waals surface area contributed by atoms with Crippen LogP contribution in [0.15, 0.2) is 18.2 Å². The normalized spacial score (nSPS) is 10.8. The van der Waals surface area contributed by atoms with E-state index in [4.69, 9.17) is 0 Å². The summed E-state index contributed by atoms with van der Waals surface area (Å²) in [7, 11) is 0. The minimum absolute atomic E-state index is 0.622. The first-order valence-corrected chi connectivity index (χ1v) is 5.80. The van der Waals surface area contributed by atoms with E-state index in [-0.39, 0.29) is 0 Å². The van der Waals surface area contributed by atoms with Gasteiger partial charge in [0.15, 0.2) is 0 Å². The van der Waals surface area contributed by atoms with E-state index >= 15 is 0 Å². The quantitative estimate of drug-likeness (QED) is 0.731. The average molecular weight is 287 g/mol. The monoisotopic (exact) mass is 287 g/mol. The van der Waals surface area contributed by atoms with Crippen LogP contribution in [0.25, 0.3) is 0 Å². The van der Waals surface area contributed by atoms with Crippen LogP contribution >= 0.6 is 22.6 Å². The highest BCUT2D eigenvalue weighted by Gasteiger charge is 2.05. The molecule has 1 radical (unpaired) electrons. The van der Waals surface area contributed by atoms with Crippen LogP contribution in [0.2, 0.25) is 0 Å². The maximum atomic E-state index is 3.90. The first-order chi connectivity index (χ1) is 6.15. The predicted octanol–water partition coefficient (Wildman–Crippen LogP) is 4.18. The fraction of sp³-hybridized carbons (Fsp3) is 0.417. The topological polar surface area (TPSA) is 0 Å². The van der Waals surface area contributed by atoms with Gasteiger partial charge in [0.2, 0.25) is 0 Å². The van der Waals surface area contributed by atoms with Gasteiger partial charge < -0.3 is 0 Å². The van der Waals surface area contributed by atoms with Gasteiger partial charge in [-0.15, -0.1) is 0 Å². The molecule has 71 valence electrons. The molecule has 0 saturated carbocycles. The molecule has 0 heterocycles. The van der Waals surface area contributed by atoms with Gasteiger partial charge in [-0.05, 0) is 64.6 Å². The van der Waals surface area contributed by atoms with E-state index in [0.29, 0.717) is 5.92 Å². The molecule has 0 unspecified atom stereocenters. The summed E-state index contributed by atoms with van der Waals surface area (Å²) in [6.45, 7) is 8.40. The Morgan fingerprint density at radius 3 is 2.62 bits per heavy atom. The molecular formula is C12H16I. The molecule has 1 rings (SSSR count). The standard InChI is InChI=1S/C12H16I/c1-4-5-10-6-7-11(13)8-12(10)9(2)3/h6-9H,1,4-5H2,2-3H3. The maximum Gasteiger partial charge on any atom is 0.0133 e. The third-order valence-corrected chi connectivity index (χ3v) is 2.85. The summed E-state index contributed by atoms with van der Waals surface area (Å²) in [4.78, 5) is 0. The van der Waals surface area contributed by atoms with Crippen LogP contribution in [0.1, 0.15) is 37.3 Å². The van der Waals surface area contributed by atoms with Gasteiger partial charge in [0, 0.05) is 3.57 Å². The largest absolute Gasteiger partial charge is 0.0587 e. The van der Waals surface area contributed by atoms with Gasteiger partial charge >= 0.3 is 0 Å². The molecule has 0 aliphatic carbocycles. The van der Waals surface area contributed by atoms with Crippen molar-refractivity contribution in [2.75, 3.05) is 0 Å². The third kappa shape index (κ3) is 2.97. The number of aryl methyl sites for hydroxylation is 1. The van der Waals surface area contributed by atoms with Crippen LogP contribution in [-0.2, 0) is 6.42 Å². The smallest absolute Gasteiger partial charge is 0.0133 e. The van der Waals surface area contributed by atoms with Gasteiger partial charge in [-0.3, -0.25) is 0 Å². The second kappa shape index (κ2) is 4.99. The Morgan fingerprint density at radius 1 is 1.38 bits per heavy atom. The minimum Gasteiger partial charge on any atom is -0.0587 e. The number of hydrogen-bond acceptors (Lipinski definition) is 0. The summed E-state index contributed by atoms with van der Waals surface area (Å²) in [6.07, 6.45) is 2.09. The van der Waals surface area contributed by atoms with E-state index in [2.05, 4.69) is 61.6 Å². The van der Waals surface area contributed by atoms with Crippen molar-refractivity contribution >= 4 is 22.6 Å². The lowest BCUT2D eigenvalue weighted by molar-refractivity contribution is 0.832. The summed E-state index contributed by atoms with van der Waals surface area (Å²) in [6, 6.07) is 6.70. The molecule has 0 saturated heterocycles. The van der Waals surface area contributed by atoms with Crippen LogP contribution in [0.3, 0.4) is 0 Å². The first kappa shape index (κ1) is 11.0. The number of hydrogen-bond donors (Lipinski definition) is 0. The first-order valence-electron chi connectivity index (χ1n) is 4.72. The van der Waals surface area contributed by atoms with Gasteiger partial charge in [-0.1, -0.05) is 26.8 Å². The van der Waals surface area contributed by atoms with Crippen LogP contribution in [0, 0.1) is 10.5 Å². The fourth-order valence-corrected chi connectivity index (χ4v) is 2.04. The summed E-state index contributed by atoms with van der Waals surface area (Å²) in [5, 5.41) is 0. The van der Waals surface area contributed by atoms with Gasteiger partial charge in [-0.25, -0.2) is 0 Å². The Hall–Kier alpha value is -0.0500. The Balaban J connectivity index is 3.03. The molecule has 0 aliphatic heterocycles. The van der Waals surface area contributed by atoms with Crippen molar-refractivity contribution in [1.82, 2.24) is 0 Å². The molecule has 0 amide bonds. The SMILES string of the molecule is [CH2]CCc1ccc(I)cc1C(C)C. The summed E-state index contributed by atoms with van der Waals surface area (Å²) in [5.41, 5.74) is 2.95. The molecule has 0 bridgehead atoms. The molecule has 0 fully saturated rings. The molecule has 0 N–H and O–H groups in total. The highest BCUT2D eigenvalue weighted by molar-refractivity contribution is 14.1. The lowest BCUT2D eigenvalue weighted by Gasteiger charge is -2.12. The van der Waals surface area contributed by atoms with Crippen LogP contribution in [0.4, 0.5) is 0 Å². The summed E-state index contributed by atoms with van der Waals surface area (Å²) < 4.78 is 1.33. The molecule has 1 aromatic carbocycles. The molecule has 0 aromatic heterocycles. The Bertz CT molecular complexity index is 276. The molecule has 0 atom stereocenters. The number of halogens is 1. The van der Waals surface area contributed by atoms with Crippen LogP contribution in [-0.4, -0.2) is 0 Å². The van der Waals surface area contributed by atoms with Crippen molar-refractivity contribution < 1.29 is 0 Å². The van der Waals surface area contributed by atoms with E-state index in [1.54, 1.807) is 0 Å². The molecule has 0 spiro atoms. The molecule has 13 heavy (non-hydrogen) atoms. The predicted molar refractivity (Wildman–Crippen MR) is 66.9 cm³/mol. The third-order valence-electron chi connectivity index (χ3n) is 2.18. The van der Waals surface area contributed by atoms with E-state index in [0.717, 1.165) is 12.8 Å². The molecule has 1 heteroatoms. The molecule has 0 aliphatic rings. The average Bonchev–Trinajstić information content (AvgIpc) is 2.08. The molecular weight excluding hydrogens is 271 g/mol. The highest BCUT2D eigenvalue weighted by atomic mass is 127. The maximum absolute atomic E-state index is 3.90. The van der Waals surface area contributed by atoms with Crippen molar-refractivity contribution in [2.24, 2.45) is 0 Å². The second-order valence-electron chi connectivity index (χ2n) is 3.60. The minimum atomic E-state index is 0.622. The highest BCUT2D eigenvalue weighted by Crippen LogP contribution is 2.22. The Morgan fingerprint density at radius 2 is 2.08 bits per heavy atom. The Labute approximate surface area is 94.9 Å². The van der Waals surface area contributed by atoms with Gasteiger partial charge in [0.05, 0.1) is 0 Å². The Kier molecular flexibility index (Phi) is 4.23. The van der Waals surface area contributed by atoms with Crippen molar-refractivity contribution in [2.45, 2.75) is 32.6 Å². The number of benzene rings is 1. The lowest BCUT2D eigenvalue weighted by Crippen LogP contribution is -1.96. The van der Waals surface area contributed by atoms with Gasteiger partial charge in [0.1, 0.15) is 0 Å². The van der Waals surface area contributed by atoms with Crippen LogP contribution < -0.4 is 0 Å². The zero-order chi connectivity index (χ0) is 9.84. The van der Waals surface area contributed by atoms with E-state index in [1.165, 1.54) is 14.7 Å². The lowest BCUT2D eigenvalue weighted by atomic mass is 9.95. The van der Waals surface area contributed by atoms with Crippen molar-refractivity contribution in [3.63, 3.8) is 0 Å². The van der Waals surface area contributed by atoms with Crippen molar-refractivity contribution in [3.8, 4) is 0 Å². The summed E-state index contributed by atoms with van der Waals surface area (Å²) >= 11 is 2.37. The summed E-state index contributed by atoms with van der Waals surface area (Å²) in [5.74, 6) is 0.622. The van der Waals surface area contributed by atoms with E-state index < -0.39 is 0 Å². The van der Waals surface area contributed by atoms with E-state index in [1.807, 2.05) is 0 Å². The van der Waals surface area contributed by atoms with E-state index in [9.17, 15) is 0 Å². The zero-order valence-corrected chi connectivity index (χ0v) is 10.5.